The molecule has 0 radical (unpaired) electrons. The van der Waals surface area contributed by atoms with Gasteiger partial charge in [-0.25, -0.2) is 4.98 Å². The summed E-state index contributed by atoms with van der Waals surface area (Å²) >= 11 is 2.02. The zero-order valence-corrected chi connectivity index (χ0v) is 14.1. The number of nitrogens with zero attached hydrogens (tertiary/aromatic N) is 1. The summed E-state index contributed by atoms with van der Waals surface area (Å²) in [5.74, 6) is 0. The van der Waals surface area contributed by atoms with E-state index in [1.54, 1.807) is 4.88 Å². The van der Waals surface area contributed by atoms with E-state index < -0.39 is 0 Å². The maximum atomic E-state index is 5.02. The van der Waals surface area contributed by atoms with Crippen molar-refractivity contribution < 1.29 is 0 Å². The molecule has 0 saturated carbocycles. The molecule has 0 bridgehead atoms. The van der Waals surface area contributed by atoms with Crippen molar-refractivity contribution in [1.29, 1.82) is 0 Å². The molecule has 1 aliphatic heterocycles. The van der Waals surface area contributed by atoms with Crippen molar-refractivity contribution in [2.24, 2.45) is 0 Å². The second-order valence-electron chi connectivity index (χ2n) is 6.80. The van der Waals surface area contributed by atoms with Crippen LogP contribution in [-0.4, -0.2) is 17.6 Å². The third-order valence-corrected chi connectivity index (χ3v) is 6.15. The lowest BCUT2D eigenvalue weighted by atomic mass is 10.0. The summed E-state index contributed by atoms with van der Waals surface area (Å²) in [5.41, 5.74) is 1.45. The Kier molecular flexibility index (Phi) is 6.11. The largest absolute Gasteiger partial charge is 0.314 e. The first-order chi connectivity index (χ1) is 10.4. The highest BCUT2D eigenvalue weighted by atomic mass is 32.1. The fourth-order valence-electron chi connectivity index (χ4n) is 3.70. The van der Waals surface area contributed by atoms with Gasteiger partial charge in [-0.15, -0.1) is 11.3 Å². The number of aromatic nitrogens is 1. The second kappa shape index (κ2) is 8.28. The van der Waals surface area contributed by atoms with Gasteiger partial charge in [0, 0.05) is 17.3 Å². The molecular formula is C18H30N2S. The van der Waals surface area contributed by atoms with Crippen molar-refractivity contribution in [3.05, 3.63) is 15.6 Å². The molecule has 1 aromatic heterocycles. The average Bonchev–Trinajstić information content (AvgIpc) is 3.10. The van der Waals surface area contributed by atoms with E-state index >= 15 is 0 Å². The zero-order valence-electron chi connectivity index (χ0n) is 13.3. The number of nitrogens with one attached hydrogen (secondary N) is 1. The quantitative estimate of drug-likeness (QED) is 0.860. The highest BCUT2D eigenvalue weighted by molar-refractivity contribution is 7.11. The van der Waals surface area contributed by atoms with Crippen molar-refractivity contribution in [1.82, 2.24) is 10.3 Å². The smallest absolute Gasteiger partial charge is 0.0946 e. The summed E-state index contributed by atoms with van der Waals surface area (Å²) in [6, 6.07) is 0.693. The van der Waals surface area contributed by atoms with Crippen LogP contribution in [0.1, 0.15) is 79.8 Å². The molecule has 0 spiro atoms. The summed E-state index contributed by atoms with van der Waals surface area (Å²) < 4.78 is 0. The van der Waals surface area contributed by atoms with Gasteiger partial charge in [0.25, 0.3) is 0 Å². The van der Waals surface area contributed by atoms with Crippen molar-refractivity contribution in [2.75, 3.05) is 6.54 Å². The van der Waals surface area contributed by atoms with Crippen molar-refractivity contribution >= 4 is 11.3 Å². The summed E-state index contributed by atoms with van der Waals surface area (Å²) in [4.78, 5) is 6.64. The van der Waals surface area contributed by atoms with Gasteiger partial charge in [-0.1, -0.05) is 38.5 Å². The fourth-order valence-corrected chi connectivity index (χ4v) is 4.93. The van der Waals surface area contributed by atoms with Gasteiger partial charge in [0.2, 0.25) is 0 Å². The first-order valence-corrected chi connectivity index (χ1v) is 9.94. The van der Waals surface area contributed by atoms with Gasteiger partial charge in [0.1, 0.15) is 0 Å². The Hall–Kier alpha value is -0.410. The van der Waals surface area contributed by atoms with Crippen LogP contribution in [0.3, 0.4) is 0 Å². The van der Waals surface area contributed by atoms with Gasteiger partial charge in [0.05, 0.1) is 10.7 Å². The normalized spacial score (nSPS) is 25.0. The Bertz CT molecular complexity index is 391. The van der Waals surface area contributed by atoms with E-state index in [4.69, 9.17) is 4.98 Å². The molecule has 1 saturated heterocycles. The van der Waals surface area contributed by atoms with Crippen molar-refractivity contribution in [2.45, 2.75) is 89.5 Å². The Morgan fingerprint density at radius 2 is 1.62 bits per heavy atom. The van der Waals surface area contributed by atoms with Gasteiger partial charge in [-0.3, -0.25) is 0 Å². The Morgan fingerprint density at radius 1 is 0.905 bits per heavy atom. The molecule has 1 N–H and O–H groups in total. The third kappa shape index (κ3) is 4.79. The minimum absolute atomic E-state index is 0.693. The van der Waals surface area contributed by atoms with Crippen LogP contribution in [0.5, 0.6) is 0 Å². The van der Waals surface area contributed by atoms with E-state index in [9.17, 15) is 0 Å². The minimum Gasteiger partial charge on any atom is -0.314 e. The van der Waals surface area contributed by atoms with Crippen LogP contribution < -0.4 is 5.32 Å². The van der Waals surface area contributed by atoms with Gasteiger partial charge >= 0.3 is 0 Å². The number of rotatable bonds is 2. The molecule has 0 amide bonds. The van der Waals surface area contributed by atoms with Crippen LogP contribution in [0.4, 0.5) is 0 Å². The number of thiazole rings is 1. The van der Waals surface area contributed by atoms with E-state index in [-0.39, 0.29) is 0 Å². The molecule has 3 heteroatoms. The standard InChI is InChI=1S/C18H30N2S/c1-2-4-6-8-12-17-16(11-7-5-3-1)20-18(21-17)14-15-10-9-13-19-15/h15,19H,1-14H2. The number of aryl methyl sites for hydroxylation is 2. The maximum Gasteiger partial charge on any atom is 0.0946 e. The first-order valence-electron chi connectivity index (χ1n) is 9.12. The molecule has 1 fully saturated rings. The first kappa shape index (κ1) is 15.5. The van der Waals surface area contributed by atoms with E-state index in [0.717, 1.165) is 6.42 Å². The molecule has 2 aliphatic rings. The lowest BCUT2D eigenvalue weighted by molar-refractivity contribution is 0.558. The van der Waals surface area contributed by atoms with E-state index in [1.165, 1.54) is 94.3 Å². The Labute approximate surface area is 133 Å². The van der Waals surface area contributed by atoms with Crippen molar-refractivity contribution in [3.63, 3.8) is 0 Å². The molecule has 2 nitrogen and oxygen atoms in total. The number of hydrogen-bond donors (Lipinski definition) is 1. The summed E-state index contributed by atoms with van der Waals surface area (Å²) in [5, 5.41) is 5.01. The van der Waals surface area contributed by atoms with Gasteiger partial charge in [-0.2, -0.15) is 0 Å². The molecule has 21 heavy (non-hydrogen) atoms. The van der Waals surface area contributed by atoms with E-state index in [0.29, 0.717) is 6.04 Å². The van der Waals surface area contributed by atoms with Crippen LogP contribution in [0.15, 0.2) is 0 Å². The summed E-state index contributed by atoms with van der Waals surface area (Å²) in [7, 11) is 0. The SMILES string of the molecule is C1CCCCCc2sc(CC3CCCN3)nc2CCCC1. The molecule has 118 valence electrons. The van der Waals surface area contributed by atoms with Crippen molar-refractivity contribution in [3.8, 4) is 0 Å². The number of fused-ring (bicyclic) bond motifs is 1. The minimum atomic E-state index is 0.693. The highest BCUT2D eigenvalue weighted by Crippen LogP contribution is 2.26. The average molecular weight is 307 g/mol. The predicted octanol–water partition coefficient (Wildman–Crippen LogP) is 4.66. The van der Waals surface area contributed by atoms with Crippen LogP contribution in [-0.2, 0) is 19.3 Å². The molecular weight excluding hydrogens is 276 g/mol. The second-order valence-corrected chi connectivity index (χ2v) is 7.97. The highest BCUT2D eigenvalue weighted by Gasteiger charge is 2.18. The topological polar surface area (TPSA) is 24.9 Å². The predicted molar refractivity (Wildman–Crippen MR) is 91.2 cm³/mol. The lowest BCUT2D eigenvalue weighted by Gasteiger charge is -2.06. The molecule has 2 heterocycles. The molecule has 1 aliphatic carbocycles. The van der Waals surface area contributed by atoms with Gasteiger partial charge < -0.3 is 5.32 Å². The molecule has 3 rings (SSSR count). The van der Waals surface area contributed by atoms with Gasteiger partial charge in [-0.05, 0) is 45.1 Å². The Morgan fingerprint density at radius 3 is 2.33 bits per heavy atom. The summed E-state index contributed by atoms with van der Waals surface area (Å²) in [6.07, 6.45) is 17.6. The maximum absolute atomic E-state index is 5.02. The number of hydrogen-bond acceptors (Lipinski definition) is 3. The van der Waals surface area contributed by atoms with Crippen LogP contribution in [0.25, 0.3) is 0 Å². The van der Waals surface area contributed by atoms with E-state index in [2.05, 4.69) is 5.32 Å². The monoisotopic (exact) mass is 306 g/mol. The molecule has 1 atom stereocenters. The van der Waals surface area contributed by atoms with E-state index in [1.807, 2.05) is 11.3 Å². The molecule has 1 unspecified atom stereocenters. The van der Waals surface area contributed by atoms with Crippen LogP contribution >= 0.6 is 11.3 Å². The van der Waals surface area contributed by atoms with Crippen LogP contribution in [0.2, 0.25) is 0 Å². The molecule has 1 aromatic rings. The zero-order chi connectivity index (χ0) is 14.3. The van der Waals surface area contributed by atoms with Crippen LogP contribution in [0, 0.1) is 0 Å². The summed E-state index contributed by atoms with van der Waals surface area (Å²) in [6.45, 7) is 1.20. The van der Waals surface area contributed by atoms with Gasteiger partial charge in [0.15, 0.2) is 0 Å². The lowest BCUT2D eigenvalue weighted by Crippen LogP contribution is -2.23. The molecule has 0 aromatic carbocycles. The fraction of sp³-hybridized carbons (Fsp3) is 0.833. The third-order valence-electron chi connectivity index (χ3n) is 4.97. The Balaban J connectivity index is 1.63.